The quantitative estimate of drug-likeness (QED) is 0.239. The van der Waals surface area contributed by atoms with E-state index >= 15 is 0 Å². The average molecular weight is 828 g/mol. The van der Waals surface area contributed by atoms with Gasteiger partial charge in [-0.2, -0.15) is 0 Å². The molecule has 0 N–H and O–H groups in total. The lowest BCUT2D eigenvalue weighted by molar-refractivity contribution is 0.180. The molecule has 0 radical (unpaired) electrons. The molecule has 0 atom stereocenters. The largest absolute Gasteiger partial charge is 0.469 e. The Morgan fingerprint density at radius 1 is 0.295 bits per heavy atom. The van der Waals surface area contributed by atoms with Crippen LogP contribution in [-0.2, 0) is 41.2 Å². The molecule has 2 rings (SSSR count). The van der Waals surface area contributed by atoms with Gasteiger partial charge in [0.2, 0.25) is 0 Å². The van der Waals surface area contributed by atoms with Crippen LogP contribution in [0.1, 0.15) is 0 Å². The lowest BCUT2D eigenvalue weighted by Crippen LogP contribution is -2.83. The molecule has 0 amide bonds. The van der Waals surface area contributed by atoms with Crippen LogP contribution in [0, 0.1) is 0 Å². The fraction of sp³-hybridized carbons (Fsp3) is 1.00. The molecule has 0 aliphatic carbocycles. The van der Waals surface area contributed by atoms with Crippen LogP contribution in [0.4, 0.5) is 0 Å². The second kappa shape index (κ2) is 12.5. The van der Waals surface area contributed by atoms with Crippen LogP contribution in [0.15, 0.2) is 0 Å². The van der Waals surface area contributed by atoms with E-state index in [1.807, 2.05) is 0 Å². The van der Waals surface area contributed by atoms with Crippen molar-refractivity contribution in [3.05, 3.63) is 0 Å². The van der Waals surface area contributed by atoms with Crippen LogP contribution in [0.2, 0.25) is 144 Å². The van der Waals surface area contributed by atoms with Crippen molar-refractivity contribution in [3.8, 4) is 0 Å². The molecule has 0 aromatic carbocycles. The van der Waals surface area contributed by atoms with Gasteiger partial charge in [-0.05, 0) is 105 Å². The van der Waals surface area contributed by atoms with Crippen molar-refractivity contribution in [1.29, 1.82) is 0 Å². The predicted octanol–water partition coefficient (Wildman–Crippen LogP) is 7.59. The lowest BCUT2D eigenvalue weighted by Gasteiger charge is -2.57. The van der Waals surface area contributed by atoms with Gasteiger partial charge >= 0.3 is 69.0 Å². The summed E-state index contributed by atoms with van der Waals surface area (Å²) < 4.78 is 68.8. The highest BCUT2D eigenvalue weighted by atomic mass is 29.8. The van der Waals surface area contributed by atoms with Gasteiger partial charge in [0.1, 0.15) is 0 Å². The van der Waals surface area contributed by atoms with Crippen molar-refractivity contribution in [1.82, 2.24) is 0 Å². The lowest BCUT2D eigenvalue weighted by atomic mass is 11.9. The first kappa shape index (κ1) is 42.4. The first-order valence-corrected chi connectivity index (χ1v) is 52.0. The number of rotatable bonds is 7. The molecule has 0 unspecified atom stereocenters. The van der Waals surface area contributed by atoms with Gasteiger partial charge in [0.25, 0.3) is 0 Å². The highest BCUT2D eigenvalue weighted by molar-refractivity contribution is 7.82. The summed E-state index contributed by atoms with van der Waals surface area (Å²) in [6, 6.07) is 0. The molecule has 2 aliphatic rings. The number of hydrogen-bond acceptors (Lipinski definition) is 10. The standard InChI is InChI=1S/C22H66O10Si12/c1-33(2)23-35(5,6)27-43(21,28-36(7,8)24-33)31-39(13,14)41(17,18)42(19,20)40(15,16)32-44(22)29-37(9,10)25-34(3,4)26-38(11,12)30-44/h1-22H3. The molecule has 2 aliphatic heterocycles. The van der Waals surface area contributed by atoms with Crippen molar-refractivity contribution in [2.45, 2.75) is 144 Å². The molecule has 22 heteroatoms. The van der Waals surface area contributed by atoms with Gasteiger partial charge in [0.05, 0.1) is 14.2 Å². The fourth-order valence-electron chi connectivity index (χ4n) is 7.09. The van der Waals surface area contributed by atoms with Gasteiger partial charge in [-0.3, -0.25) is 0 Å². The maximum atomic E-state index is 7.38. The molecule has 0 bridgehead atoms. The van der Waals surface area contributed by atoms with E-state index in [9.17, 15) is 0 Å². The second-order valence-electron chi connectivity index (χ2n) is 17.4. The van der Waals surface area contributed by atoms with E-state index in [2.05, 4.69) is 144 Å². The summed E-state index contributed by atoms with van der Waals surface area (Å²) in [4.78, 5) is 0. The Labute approximate surface area is 282 Å². The molecule has 2 fully saturated rings. The van der Waals surface area contributed by atoms with Gasteiger partial charge in [0, 0.05) is 13.1 Å². The number of hydrogen-bond donors (Lipinski definition) is 0. The third-order valence-corrected chi connectivity index (χ3v) is 108. The summed E-state index contributed by atoms with van der Waals surface area (Å²) in [5, 5.41) is 0. The first-order chi connectivity index (χ1) is 18.8. The van der Waals surface area contributed by atoms with Crippen LogP contribution in [0.25, 0.3) is 0 Å². The fourth-order valence-corrected chi connectivity index (χ4v) is 122. The van der Waals surface area contributed by atoms with Gasteiger partial charge < -0.3 is 41.2 Å². The summed E-state index contributed by atoms with van der Waals surface area (Å²) in [6.45, 7) is 48.9. The zero-order valence-electron chi connectivity index (χ0n) is 32.1. The summed E-state index contributed by atoms with van der Waals surface area (Å²) in [7, 11) is -30.3. The van der Waals surface area contributed by atoms with Crippen molar-refractivity contribution in [2.24, 2.45) is 0 Å². The maximum absolute atomic E-state index is 7.38. The minimum Gasteiger partial charge on any atom is -0.420 e. The Morgan fingerprint density at radius 3 is 0.636 bits per heavy atom. The second-order valence-corrected chi connectivity index (χ2v) is 83.6. The van der Waals surface area contributed by atoms with Crippen molar-refractivity contribution in [2.75, 3.05) is 0 Å². The smallest absolute Gasteiger partial charge is 0.420 e. The van der Waals surface area contributed by atoms with Crippen molar-refractivity contribution >= 4 is 98.9 Å². The Morgan fingerprint density at radius 2 is 0.455 bits per heavy atom. The summed E-state index contributed by atoms with van der Waals surface area (Å²) in [5.74, 6) is 0. The van der Waals surface area contributed by atoms with E-state index in [0.717, 1.165) is 0 Å². The van der Waals surface area contributed by atoms with Gasteiger partial charge in [-0.15, -0.1) is 0 Å². The Kier molecular flexibility index (Phi) is 12.0. The SMILES string of the molecule is C[Si]1(C)O[Si](C)(C)O[Si](C)(O[Si](C)(C)[Si](C)(C)[Si](C)(C)[Si](C)(C)O[Si]2(C)O[Si](C)(C)O[Si](C)(C)O[Si](C)(C)O2)O[Si](C)(C)O1. The van der Waals surface area contributed by atoms with Gasteiger partial charge in [-0.25, -0.2) is 0 Å². The van der Waals surface area contributed by atoms with E-state index in [0.29, 0.717) is 0 Å². The Hall–Kier alpha value is 2.20. The minimum atomic E-state index is -3.13. The molecule has 0 aromatic heterocycles. The Bertz CT molecular complexity index is 939. The van der Waals surface area contributed by atoms with Crippen molar-refractivity contribution < 1.29 is 41.2 Å². The summed E-state index contributed by atoms with van der Waals surface area (Å²) in [6.07, 6.45) is 0. The van der Waals surface area contributed by atoms with Gasteiger partial charge in [0.15, 0.2) is 15.7 Å². The topological polar surface area (TPSA) is 92.3 Å². The Balaban J connectivity index is 2.48. The monoisotopic (exact) mass is 826 g/mol. The minimum absolute atomic E-state index is 2.07. The van der Waals surface area contributed by atoms with E-state index in [4.69, 9.17) is 41.2 Å². The maximum Gasteiger partial charge on any atom is 0.469 e. The van der Waals surface area contributed by atoms with Crippen LogP contribution < -0.4 is 0 Å². The molecule has 10 nitrogen and oxygen atoms in total. The third kappa shape index (κ3) is 10.4. The molecular formula is C22H66O10Si12. The van der Waals surface area contributed by atoms with Gasteiger partial charge in [-0.1, -0.05) is 26.2 Å². The zero-order chi connectivity index (χ0) is 35.1. The third-order valence-electron chi connectivity index (χ3n) is 9.14. The molecule has 0 aromatic rings. The molecule has 44 heavy (non-hydrogen) atoms. The molecule has 0 saturated carbocycles. The van der Waals surface area contributed by atoms with Crippen molar-refractivity contribution in [3.63, 3.8) is 0 Å². The summed E-state index contributed by atoms with van der Waals surface area (Å²) >= 11 is 0. The van der Waals surface area contributed by atoms with Crippen LogP contribution in [0.5, 0.6) is 0 Å². The molecular weight excluding hydrogens is 761 g/mol. The highest BCUT2D eigenvalue weighted by Crippen LogP contribution is 2.42. The molecule has 2 saturated heterocycles. The molecule has 0 spiro atoms. The van der Waals surface area contributed by atoms with Crippen LogP contribution in [0.3, 0.4) is 0 Å². The first-order valence-electron chi connectivity index (χ1n) is 15.8. The van der Waals surface area contributed by atoms with E-state index < -0.39 is 98.9 Å². The highest BCUT2D eigenvalue weighted by Gasteiger charge is 2.67. The van der Waals surface area contributed by atoms with Crippen LogP contribution >= 0.6 is 0 Å². The zero-order valence-corrected chi connectivity index (χ0v) is 44.1. The van der Waals surface area contributed by atoms with Crippen LogP contribution in [-0.4, -0.2) is 98.9 Å². The van der Waals surface area contributed by atoms with E-state index in [1.165, 1.54) is 0 Å². The summed E-state index contributed by atoms with van der Waals surface area (Å²) in [5.41, 5.74) is 0. The average Bonchev–Trinajstić information content (AvgIpc) is 2.56. The van der Waals surface area contributed by atoms with E-state index in [1.54, 1.807) is 0 Å². The molecule has 2 heterocycles. The predicted molar refractivity (Wildman–Crippen MR) is 209 cm³/mol. The normalized spacial score (nSPS) is 28.2. The van der Waals surface area contributed by atoms with E-state index in [-0.39, 0.29) is 0 Å². The molecule has 262 valence electrons.